The molecule has 2 heteroatoms. The zero-order valence-corrected chi connectivity index (χ0v) is 12.0. The molecule has 2 nitrogen and oxygen atoms in total. The van der Waals surface area contributed by atoms with Crippen LogP contribution in [-0.2, 0) is 4.74 Å². The highest BCUT2D eigenvalue weighted by molar-refractivity contribution is 4.78. The summed E-state index contributed by atoms with van der Waals surface area (Å²) in [6.45, 7) is 8.42. The van der Waals surface area contributed by atoms with E-state index in [1.807, 2.05) is 0 Å². The van der Waals surface area contributed by atoms with E-state index in [2.05, 4.69) is 26.1 Å². The number of rotatable bonds is 9. The number of likely N-dealkylation sites (N-methyl/N-ethyl adjacent to an activating group) is 1. The highest BCUT2D eigenvalue weighted by Crippen LogP contribution is 2.29. The summed E-state index contributed by atoms with van der Waals surface area (Å²) < 4.78 is 5.86. The van der Waals surface area contributed by atoms with E-state index in [0.717, 1.165) is 25.5 Å². The van der Waals surface area contributed by atoms with E-state index in [4.69, 9.17) is 4.74 Å². The fourth-order valence-electron chi connectivity index (χ4n) is 3.13. The molecule has 0 aromatic rings. The fourth-order valence-corrected chi connectivity index (χ4v) is 3.13. The second kappa shape index (κ2) is 8.93. The summed E-state index contributed by atoms with van der Waals surface area (Å²) in [4.78, 5) is 0. The molecule has 1 saturated carbocycles. The highest BCUT2D eigenvalue weighted by atomic mass is 16.5. The molecule has 1 rings (SSSR count). The summed E-state index contributed by atoms with van der Waals surface area (Å²) in [6.07, 6.45) is 10.0. The van der Waals surface area contributed by atoms with Crippen molar-refractivity contribution in [3.8, 4) is 0 Å². The van der Waals surface area contributed by atoms with Crippen LogP contribution in [-0.4, -0.2) is 25.3 Å². The van der Waals surface area contributed by atoms with Crippen LogP contribution in [0.25, 0.3) is 0 Å². The second-order valence-corrected chi connectivity index (χ2v) is 5.29. The van der Waals surface area contributed by atoms with Gasteiger partial charge in [-0.25, -0.2) is 0 Å². The topological polar surface area (TPSA) is 21.3 Å². The highest BCUT2D eigenvalue weighted by Gasteiger charge is 2.22. The maximum absolute atomic E-state index is 5.86. The van der Waals surface area contributed by atoms with Gasteiger partial charge in [0.1, 0.15) is 0 Å². The Bertz CT molecular complexity index is 178. The van der Waals surface area contributed by atoms with Gasteiger partial charge in [0.15, 0.2) is 0 Å². The molecule has 2 atom stereocenters. The monoisotopic (exact) mass is 241 g/mol. The molecule has 0 spiro atoms. The lowest BCUT2D eigenvalue weighted by Crippen LogP contribution is -2.41. The van der Waals surface area contributed by atoms with E-state index in [0.29, 0.717) is 12.1 Å². The van der Waals surface area contributed by atoms with Crippen LogP contribution >= 0.6 is 0 Å². The van der Waals surface area contributed by atoms with Crippen molar-refractivity contribution in [3.05, 3.63) is 0 Å². The Labute approximate surface area is 108 Å². The van der Waals surface area contributed by atoms with Gasteiger partial charge in [0.05, 0.1) is 6.10 Å². The van der Waals surface area contributed by atoms with Crippen LogP contribution in [0.15, 0.2) is 0 Å². The lowest BCUT2D eigenvalue weighted by molar-refractivity contribution is 0.0285. The molecule has 0 saturated heterocycles. The zero-order chi connectivity index (χ0) is 12.5. The number of hydrogen-bond acceptors (Lipinski definition) is 2. The zero-order valence-electron chi connectivity index (χ0n) is 12.0. The van der Waals surface area contributed by atoms with E-state index < -0.39 is 0 Å². The predicted octanol–water partition coefficient (Wildman–Crippen LogP) is 3.75. The van der Waals surface area contributed by atoms with Gasteiger partial charge in [-0.05, 0) is 38.6 Å². The molecule has 2 unspecified atom stereocenters. The van der Waals surface area contributed by atoms with Gasteiger partial charge in [0.25, 0.3) is 0 Å². The Morgan fingerprint density at radius 2 is 1.88 bits per heavy atom. The Morgan fingerprint density at radius 1 is 1.18 bits per heavy atom. The Balaban J connectivity index is 2.34. The molecule has 1 N–H and O–H groups in total. The molecule has 0 radical (unpaired) electrons. The first kappa shape index (κ1) is 15.0. The minimum Gasteiger partial charge on any atom is -0.377 e. The smallest absolute Gasteiger partial charge is 0.0725 e. The third-order valence-corrected chi connectivity index (χ3v) is 4.06. The van der Waals surface area contributed by atoms with Gasteiger partial charge in [-0.15, -0.1) is 0 Å². The summed E-state index contributed by atoms with van der Waals surface area (Å²) in [7, 11) is 0. The van der Waals surface area contributed by atoms with Crippen molar-refractivity contribution < 1.29 is 4.74 Å². The minimum atomic E-state index is 0.404. The summed E-state index contributed by atoms with van der Waals surface area (Å²) in [5, 5.41) is 3.62. The number of nitrogens with one attached hydrogen (secondary N) is 1. The van der Waals surface area contributed by atoms with E-state index in [-0.39, 0.29) is 0 Å². The molecule has 1 fully saturated rings. The average Bonchev–Trinajstić information content (AvgIpc) is 2.85. The van der Waals surface area contributed by atoms with Crippen LogP contribution in [0, 0.1) is 5.92 Å². The maximum atomic E-state index is 5.86. The van der Waals surface area contributed by atoms with Crippen LogP contribution in [0.3, 0.4) is 0 Å². The minimum absolute atomic E-state index is 0.404. The third kappa shape index (κ3) is 5.39. The van der Waals surface area contributed by atoms with Crippen molar-refractivity contribution in [2.45, 2.75) is 77.9 Å². The molecule has 0 bridgehead atoms. The van der Waals surface area contributed by atoms with Crippen LogP contribution in [0.2, 0.25) is 0 Å². The lowest BCUT2D eigenvalue weighted by Gasteiger charge is -2.27. The van der Waals surface area contributed by atoms with Crippen LogP contribution in [0.1, 0.15) is 65.7 Å². The van der Waals surface area contributed by atoms with E-state index >= 15 is 0 Å². The first-order chi connectivity index (χ1) is 8.31. The average molecular weight is 241 g/mol. The molecule has 0 aliphatic heterocycles. The van der Waals surface area contributed by atoms with Crippen molar-refractivity contribution in [3.63, 3.8) is 0 Å². The summed E-state index contributed by atoms with van der Waals surface area (Å²) in [5.41, 5.74) is 0. The van der Waals surface area contributed by atoms with Crippen molar-refractivity contribution in [1.29, 1.82) is 0 Å². The third-order valence-electron chi connectivity index (χ3n) is 4.06. The van der Waals surface area contributed by atoms with Crippen molar-refractivity contribution >= 4 is 0 Å². The van der Waals surface area contributed by atoms with Gasteiger partial charge in [-0.3, -0.25) is 0 Å². The summed E-state index contributed by atoms with van der Waals surface area (Å²) in [5.74, 6) is 0.996. The summed E-state index contributed by atoms with van der Waals surface area (Å²) >= 11 is 0. The maximum Gasteiger partial charge on any atom is 0.0725 e. The van der Waals surface area contributed by atoms with Crippen LogP contribution < -0.4 is 5.32 Å². The first-order valence-electron chi connectivity index (χ1n) is 7.66. The van der Waals surface area contributed by atoms with Gasteiger partial charge < -0.3 is 10.1 Å². The van der Waals surface area contributed by atoms with Crippen molar-refractivity contribution in [1.82, 2.24) is 5.32 Å². The van der Waals surface area contributed by atoms with Gasteiger partial charge in [0.2, 0.25) is 0 Å². The molecule has 17 heavy (non-hydrogen) atoms. The Morgan fingerprint density at radius 3 is 2.41 bits per heavy atom. The molecule has 0 heterocycles. The van der Waals surface area contributed by atoms with Gasteiger partial charge in [-0.2, -0.15) is 0 Å². The largest absolute Gasteiger partial charge is 0.377 e. The number of ether oxygens (including phenoxy) is 1. The quantitative estimate of drug-likeness (QED) is 0.664. The van der Waals surface area contributed by atoms with E-state index in [1.54, 1.807) is 0 Å². The predicted molar refractivity (Wildman–Crippen MR) is 74.4 cm³/mol. The van der Waals surface area contributed by atoms with Crippen LogP contribution in [0.4, 0.5) is 0 Å². The molecule has 102 valence electrons. The molecule has 0 aromatic carbocycles. The molecule has 0 aromatic heterocycles. The van der Waals surface area contributed by atoms with Crippen molar-refractivity contribution in [2.75, 3.05) is 13.2 Å². The SMILES string of the molecule is CCNC(CCC1CCCC1)C(CC)OCC. The number of hydrogen-bond donors (Lipinski definition) is 1. The molecular formula is C15H31NO. The normalized spacial score (nSPS) is 20.6. The van der Waals surface area contributed by atoms with Crippen molar-refractivity contribution in [2.24, 2.45) is 5.92 Å². The van der Waals surface area contributed by atoms with Gasteiger partial charge in [0, 0.05) is 12.6 Å². The Hall–Kier alpha value is -0.0800. The molecule has 1 aliphatic carbocycles. The molecule has 1 aliphatic rings. The second-order valence-electron chi connectivity index (χ2n) is 5.29. The Kier molecular flexibility index (Phi) is 7.87. The lowest BCUT2D eigenvalue weighted by atomic mass is 9.95. The van der Waals surface area contributed by atoms with Gasteiger partial charge >= 0.3 is 0 Å². The molecular weight excluding hydrogens is 210 g/mol. The van der Waals surface area contributed by atoms with Gasteiger partial charge in [-0.1, -0.05) is 39.5 Å². The van der Waals surface area contributed by atoms with E-state index in [1.165, 1.54) is 38.5 Å². The first-order valence-corrected chi connectivity index (χ1v) is 7.66. The van der Waals surface area contributed by atoms with E-state index in [9.17, 15) is 0 Å². The summed E-state index contributed by atoms with van der Waals surface area (Å²) in [6, 6.07) is 0.561. The fraction of sp³-hybridized carbons (Fsp3) is 1.00. The molecule has 0 amide bonds. The standard InChI is InChI=1S/C15H31NO/c1-4-15(17-6-3)14(16-5-2)12-11-13-9-7-8-10-13/h13-16H,4-12H2,1-3H3. The van der Waals surface area contributed by atoms with Crippen LogP contribution in [0.5, 0.6) is 0 Å².